The van der Waals surface area contributed by atoms with Gasteiger partial charge < -0.3 is 19.0 Å². The number of hydrogen-bond donors (Lipinski definition) is 1. The lowest BCUT2D eigenvalue weighted by Gasteiger charge is -2.25. The van der Waals surface area contributed by atoms with Crippen LogP contribution in [0.25, 0.3) is 0 Å². The summed E-state index contributed by atoms with van der Waals surface area (Å²) in [6, 6.07) is 6.61. The highest BCUT2D eigenvalue weighted by Crippen LogP contribution is 2.28. The molecule has 0 heterocycles. The Bertz CT molecular complexity index is 891. The van der Waals surface area contributed by atoms with E-state index in [1.54, 1.807) is 51.1 Å². The van der Waals surface area contributed by atoms with Gasteiger partial charge in [-0.25, -0.2) is 9.59 Å². The van der Waals surface area contributed by atoms with Crippen molar-refractivity contribution in [3.63, 3.8) is 0 Å². The van der Waals surface area contributed by atoms with Gasteiger partial charge in [-0.1, -0.05) is 30.3 Å². The zero-order valence-corrected chi connectivity index (χ0v) is 18.2. The molecule has 0 saturated heterocycles. The van der Waals surface area contributed by atoms with Crippen LogP contribution in [0.2, 0.25) is 0 Å². The van der Waals surface area contributed by atoms with Crippen molar-refractivity contribution in [3.8, 4) is 0 Å². The Kier molecular flexibility index (Phi) is 8.91. The number of alkyl halides is 3. The first-order valence-corrected chi connectivity index (χ1v) is 10.5. The molecule has 0 saturated carbocycles. The maximum absolute atomic E-state index is 12.9. The molecule has 8 nitrogen and oxygen atoms in total. The summed E-state index contributed by atoms with van der Waals surface area (Å²) in [6.07, 6.45) is -0.826. The van der Waals surface area contributed by atoms with Crippen molar-refractivity contribution >= 4 is 22.2 Å². The molecule has 0 aromatic heterocycles. The minimum Gasteiger partial charge on any atom is -0.463 e. The van der Waals surface area contributed by atoms with Crippen molar-refractivity contribution in [2.45, 2.75) is 51.3 Å². The number of benzene rings is 1. The van der Waals surface area contributed by atoms with Crippen LogP contribution < -0.4 is 5.32 Å². The summed E-state index contributed by atoms with van der Waals surface area (Å²) in [5, 5.41) is 2.25. The molecule has 0 aliphatic heterocycles. The predicted octanol–water partition coefficient (Wildman–Crippen LogP) is 3.44. The fraction of sp³-hybridized carbons (Fsp3) is 0.474. The lowest BCUT2D eigenvalue weighted by Crippen LogP contribution is -2.43. The molecule has 0 unspecified atom stereocenters. The quantitative estimate of drug-likeness (QED) is 0.205. The molecule has 12 heteroatoms. The van der Waals surface area contributed by atoms with Gasteiger partial charge in [0.25, 0.3) is 0 Å². The molecule has 1 rings (SSSR count). The third kappa shape index (κ3) is 9.28. The normalized spacial score (nSPS) is 13.8. The molecule has 1 atom stereocenters. The third-order valence-corrected chi connectivity index (χ3v) is 4.33. The van der Waals surface area contributed by atoms with Crippen LogP contribution in [0.3, 0.4) is 0 Å². The van der Waals surface area contributed by atoms with Gasteiger partial charge in [0.05, 0.1) is 18.7 Å². The van der Waals surface area contributed by atoms with E-state index in [1.165, 1.54) is 6.92 Å². The second-order valence-corrected chi connectivity index (χ2v) is 8.71. The van der Waals surface area contributed by atoms with Gasteiger partial charge >= 0.3 is 27.7 Å². The Balaban J connectivity index is 3.39. The van der Waals surface area contributed by atoms with Crippen molar-refractivity contribution in [1.82, 2.24) is 5.32 Å². The highest BCUT2D eigenvalue weighted by atomic mass is 32.2. The fourth-order valence-electron chi connectivity index (χ4n) is 2.18. The minimum absolute atomic E-state index is 0.127. The van der Waals surface area contributed by atoms with Crippen LogP contribution in [0.4, 0.5) is 18.0 Å². The number of halogens is 3. The fourth-order valence-corrected chi connectivity index (χ4v) is 2.69. The SMILES string of the molecule is CCOC(=O)/C=C(/OS(=O)(=O)C(F)(F)F)[C@H](Cc1ccccc1)NC(=O)OC(C)(C)C. The summed E-state index contributed by atoms with van der Waals surface area (Å²) in [5.74, 6) is -2.13. The van der Waals surface area contributed by atoms with E-state index >= 15 is 0 Å². The monoisotopic (exact) mass is 467 g/mol. The van der Waals surface area contributed by atoms with Crippen molar-refractivity contribution < 1.29 is 44.8 Å². The standard InChI is InChI=1S/C19H24F3NO7S/c1-5-28-16(24)12-15(30-31(26,27)19(20,21)22)14(11-13-9-7-6-8-10-13)23-17(25)29-18(2,3)4/h6-10,12,14H,5,11H2,1-4H3,(H,23,25)/b15-12+/t14-/m0/s1. The van der Waals surface area contributed by atoms with Crippen molar-refractivity contribution in [3.05, 3.63) is 47.7 Å². The Morgan fingerprint density at radius 1 is 1.13 bits per heavy atom. The zero-order valence-electron chi connectivity index (χ0n) is 17.4. The molecule has 0 spiro atoms. The van der Waals surface area contributed by atoms with Gasteiger partial charge in [0, 0.05) is 6.42 Å². The number of carbonyl (C=O) groups is 2. The highest BCUT2D eigenvalue weighted by Gasteiger charge is 2.49. The number of ether oxygens (including phenoxy) is 2. The summed E-state index contributed by atoms with van der Waals surface area (Å²) in [6.45, 7) is 5.98. The lowest BCUT2D eigenvalue weighted by atomic mass is 10.0. The van der Waals surface area contributed by atoms with Crippen molar-refractivity contribution in [1.29, 1.82) is 0 Å². The minimum atomic E-state index is -6.13. The van der Waals surface area contributed by atoms with Crippen LogP contribution in [0.5, 0.6) is 0 Å². The Labute approximate surface area is 178 Å². The predicted molar refractivity (Wildman–Crippen MR) is 104 cm³/mol. The van der Waals surface area contributed by atoms with E-state index in [-0.39, 0.29) is 13.0 Å². The van der Waals surface area contributed by atoms with Crippen molar-refractivity contribution in [2.75, 3.05) is 6.61 Å². The molecule has 1 aromatic rings. The average molecular weight is 467 g/mol. The highest BCUT2D eigenvalue weighted by molar-refractivity contribution is 7.87. The molecule has 0 bridgehead atoms. The number of carbonyl (C=O) groups excluding carboxylic acids is 2. The third-order valence-electron chi connectivity index (χ3n) is 3.35. The number of esters is 1. The van der Waals surface area contributed by atoms with Crippen LogP contribution in [0, 0.1) is 0 Å². The largest absolute Gasteiger partial charge is 0.534 e. The van der Waals surface area contributed by atoms with E-state index in [0.717, 1.165) is 0 Å². The molecule has 1 N–H and O–H groups in total. The molecule has 1 amide bonds. The van der Waals surface area contributed by atoms with Crippen molar-refractivity contribution in [2.24, 2.45) is 0 Å². The van der Waals surface area contributed by atoms with Gasteiger partial charge in [-0.3, -0.25) is 0 Å². The summed E-state index contributed by atoms with van der Waals surface area (Å²) in [5.41, 5.74) is -6.21. The molecular weight excluding hydrogens is 443 g/mol. The molecule has 31 heavy (non-hydrogen) atoms. The van der Waals surface area contributed by atoms with E-state index in [2.05, 4.69) is 14.2 Å². The van der Waals surface area contributed by atoms with Gasteiger partial charge in [0.15, 0.2) is 0 Å². The molecule has 0 aliphatic carbocycles. The van der Waals surface area contributed by atoms with E-state index in [1.807, 2.05) is 0 Å². The van der Waals surface area contributed by atoms with Gasteiger partial charge in [-0.05, 0) is 33.3 Å². The first kappa shape index (κ1) is 26.3. The number of alkyl carbamates (subject to hydrolysis) is 1. The Morgan fingerprint density at radius 2 is 1.71 bits per heavy atom. The molecule has 174 valence electrons. The molecular formula is C19H24F3NO7S. The van der Waals surface area contributed by atoms with Gasteiger partial charge in [-0.15, -0.1) is 0 Å². The first-order chi connectivity index (χ1) is 14.1. The van der Waals surface area contributed by atoms with Crippen LogP contribution in [0.15, 0.2) is 42.2 Å². The second-order valence-electron chi connectivity index (χ2n) is 7.17. The maximum Gasteiger partial charge on any atom is 0.534 e. The smallest absolute Gasteiger partial charge is 0.463 e. The van der Waals surface area contributed by atoms with Gasteiger partial charge in [0.2, 0.25) is 0 Å². The van der Waals surface area contributed by atoms with E-state index in [9.17, 15) is 31.2 Å². The van der Waals surface area contributed by atoms with Crippen LogP contribution in [0.1, 0.15) is 33.3 Å². The van der Waals surface area contributed by atoms with E-state index in [4.69, 9.17) is 4.74 Å². The van der Waals surface area contributed by atoms with E-state index < -0.39 is 45.1 Å². The number of amides is 1. The van der Waals surface area contributed by atoms with Gasteiger partial charge in [-0.2, -0.15) is 21.6 Å². The van der Waals surface area contributed by atoms with Crippen LogP contribution in [-0.4, -0.2) is 44.2 Å². The number of hydrogen-bond acceptors (Lipinski definition) is 7. The summed E-state index contributed by atoms with van der Waals surface area (Å²) >= 11 is 0. The van der Waals surface area contributed by atoms with E-state index in [0.29, 0.717) is 11.6 Å². The Hall–Kier alpha value is -2.76. The molecule has 0 radical (unpaired) electrons. The van der Waals surface area contributed by atoms with Crippen LogP contribution >= 0.6 is 0 Å². The maximum atomic E-state index is 12.9. The molecule has 0 fully saturated rings. The summed E-state index contributed by atoms with van der Waals surface area (Å²) in [7, 11) is -6.13. The topological polar surface area (TPSA) is 108 Å². The molecule has 0 aliphatic rings. The number of nitrogens with one attached hydrogen (secondary N) is 1. The first-order valence-electron chi connectivity index (χ1n) is 9.07. The zero-order chi connectivity index (χ0) is 23.9. The second kappa shape index (κ2) is 10.5. The van der Waals surface area contributed by atoms with Gasteiger partial charge in [0.1, 0.15) is 11.4 Å². The van der Waals surface area contributed by atoms with Crippen LogP contribution in [-0.2, 0) is 35.0 Å². The Morgan fingerprint density at radius 3 is 2.19 bits per heavy atom. The number of rotatable bonds is 8. The summed E-state index contributed by atoms with van der Waals surface area (Å²) in [4.78, 5) is 24.1. The lowest BCUT2D eigenvalue weighted by molar-refractivity contribution is -0.137. The summed E-state index contributed by atoms with van der Waals surface area (Å²) < 4.78 is 75.8. The molecule has 1 aromatic carbocycles. The average Bonchev–Trinajstić information content (AvgIpc) is 2.59.